The summed E-state index contributed by atoms with van der Waals surface area (Å²) in [5, 5.41) is 0. The predicted octanol–water partition coefficient (Wildman–Crippen LogP) is 0.476. The molecule has 0 radical (unpaired) electrons. The Morgan fingerprint density at radius 2 is 2.46 bits per heavy atom. The Morgan fingerprint density at radius 1 is 1.62 bits per heavy atom. The molecule has 2 heterocycles. The number of fused-ring (bicyclic) bond motifs is 1. The van der Waals surface area contributed by atoms with E-state index in [0.29, 0.717) is 5.56 Å². The van der Waals surface area contributed by atoms with E-state index in [2.05, 4.69) is 4.98 Å². The standard InChI is InChI=1S/C9H9N3O/c10-4-9(13)7-1-2-12-6-11-5-8(12)3-7/h1-3,5-6H,4,10H2. The summed E-state index contributed by atoms with van der Waals surface area (Å²) in [4.78, 5) is 15.2. The molecule has 0 aromatic carbocycles. The molecule has 0 unspecified atom stereocenters. The van der Waals surface area contributed by atoms with Crippen molar-refractivity contribution in [3.63, 3.8) is 0 Å². The summed E-state index contributed by atoms with van der Waals surface area (Å²) in [7, 11) is 0. The lowest BCUT2D eigenvalue weighted by Crippen LogP contribution is -2.13. The van der Waals surface area contributed by atoms with Crippen LogP contribution in [0.1, 0.15) is 10.4 Å². The van der Waals surface area contributed by atoms with Gasteiger partial charge in [-0.15, -0.1) is 0 Å². The first-order chi connectivity index (χ1) is 6.31. The highest BCUT2D eigenvalue weighted by Crippen LogP contribution is 2.06. The average molecular weight is 175 g/mol. The molecule has 0 spiro atoms. The monoisotopic (exact) mass is 175 g/mol. The summed E-state index contributed by atoms with van der Waals surface area (Å²) in [6, 6.07) is 3.52. The molecule has 0 atom stereocenters. The largest absolute Gasteiger partial charge is 0.324 e. The lowest BCUT2D eigenvalue weighted by molar-refractivity contribution is 0.100. The third kappa shape index (κ3) is 1.31. The minimum atomic E-state index is -0.0521. The van der Waals surface area contributed by atoms with Gasteiger partial charge >= 0.3 is 0 Å². The lowest BCUT2D eigenvalue weighted by atomic mass is 10.1. The zero-order valence-electron chi connectivity index (χ0n) is 6.97. The second-order valence-electron chi connectivity index (χ2n) is 2.77. The van der Waals surface area contributed by atoms with Gasteiger partial charge in [0.15, 0.2) is 5.78 Å². The van der Waals surface area contributed by atoms with Crippen LogP contribution in [0.2, 0.25) is 0 Å². The third-order valence-electron chi connectivity index (χ3n) is 1.92. The fraction of sp³-hybridized carbons (Fsp3) is 0.111. The first-order valence-corrected chi connectivity index (χ1v) is 3.96. The molecule has 2 rings (SSSR count). The molecule has 0 amide bonds. The maximum atomic E-state index is 11.2. The predicted molar refractivity (Wildman–Crippen MR) is 48.6 cm³/mol. The second-order valence-corrected chi connectivity index (χ2v) is 2.77. The van der Waals surface area contributed by atoms with E-state index >= 15 is 0 Å². The average Bonchev–Trinajstić information content (AvgIpc) is 2.63. The van der Waals surface area contributed by atoms with Crippen molar-refractivity contribution in [1.82, 2.24) is 9.38 Å². The van der Waals surface area contributed by atoms with Crippen LogP contribution < -0.4 is 5.73 Å². The fourth-order valence-electron chi connectivity index (χ4n) is 1.21. The first kappa shape index (κ1) is 7.94. The minimum Gasteiger partial charge on any atom is -0.324 e. The van der Waals surface area contributed by atoms with Crippen molar-refractivity contribution in [2.45, 2.75) is 0 Å². The van der Waals surface area contributed by atoms with Gasteiger partial charge in [-0.25, -0.2) is 4.98 Å². The van der Waals surface area contributed by atoms with Gasteiger partial charge in [-0.1, -0.05) is 0 Å². The number of hydrogen-bond acceptors (Lipinski definition) is 3. The summed E-state index contributed by atoms with van der Waals surface area (Å²) in [5.74, 6) is -0.0521. The van der Waals surface area contributed by atoms with Crippen molar-refractivity contribution in [2.75, 3.05) is 6.54 Å². The van der Waals surface area contributed by atoms with E-state index < -0.39 is 0 Å². The van der Waals surface area contributed by atoms with Gasteiger partial charge in [-0.2, -0.15) is 0 Å². The molecule has 0 aliphatic carbocycles. The van der Waals surface area contributed by atoms with Gasteiger partial charge in [-0.05, 0) is 12.1 Å². The van der Waals surface area contributed by atoms with Crippen LogP contribution in [0, 0.1) is 0 Å². The van der Waals surface area contributed by atoms with Gasteiger partial charge in [-0.3, -0.25) is 4.79 Å². The van der Waals surface area contributed by atoms with Crippen LogP contribution in [0.5, 0.6) is 0 Å². The van der Waals surface area contributed by atoms with Gasteiger partial charge in [0.1, 0.15) is 0 Å². The Bertz CT molecular complexity index is 447. The molecule has 2 aromatic heterocycles. The number of carbonyl (C=O) groups excluding carboxylic acids is 1. The molecular formula is C9H9N3O. The number of pyridine rings is 1. The van der Waals surface area contributed by atoms with Crippen molar-refractivity contribution in [2.24, 2.45) is 5.73 Å². The third-order valence-corrected chi connectivity index (χ3v) is 1.92. The van der Waals surface area contributed by atoms with Crippen LogP contribution in [0.15, 0.2) is 30.9 Å². The number of nitrogens with two attached hydrogens (primary N) is 1. The summed E-state index contributed by atoms with van der Waals surface area (Å²) in [6.45, 7) is 0.0459. The molecule has 66 valence electrons. The molecule has 0 fully saturated rings. The van der Waals surface area contributed by atoms with Gasteiger partial charge < -0.3 is 10.1 Å². The molecule has 2 aromatic rings. The molecule has 4 heteroatoms. The van der Waals surface area contributed by atoms with E-state index in [1.165, 1.54) is 0 Å². The van der Waals surface area contributed by atoms with Crippen LogP contribution in [0.4, 0.5) is 0 Å². The highest BCUT2D eigenvalue weighted by Gasteiger charge is 2.03. The summed E-state index contributed by atoms with van der Waals surface area (Å²) < 4.78 is 1.84. The van der Waals surface area contributed by atoms with Crippen LogP contribution in [0.3, 0.4) is 0 Å². The van der Waals surface area contributed by atoms with Crippen molar-refractivity contribution in [3.8, 4) is 0 Å². The number of rotatable bonds is 2. The van der Waals surface area contributed by atoms with E-state index in [-0.39, 0.29) is 12.3 Å². The summed E-state index contributed by atoms with van der Waals surface area (Å²) in [5.41, 5.74) is 6.79. The van der Waals surface area contributed by atoms with E-state index in [1.807, 2.05) is 4.40 Å². The highest BCUT2D eigenvalue weighted by molar-refractivity contribution is 5.98. The maximum Gasteiger partial charge on any atom is 0.176 e. The van der Waals surface area contributed by atoms with Crippen LogP contribution in [0.25, 0.3) is 5.52 Å². The molecule has 2 N–H and O–H groups in total. The van der Waals surface area contributed by atoms with Crippen LogP contribution in [-0.4, -0.2) is 21.7 Å². The fourth-order valence-corrected chi connectivity index (χ4v) is 1.21. The molecule has 0 aliphatic heterocycles. The topological polar surface area (TPSA) is 60.4 Å². The first-order valence-electron chi connectivity index (χ1n) is 3.96. The zero-order chi connectivity index (χ0) is 9.26. The van der Waals surface area contributed by atoms with Crippen molar-refractivity contribution < 1.29 is 4.79 Å². The van der Waals surface area contributed by atoms with Crippen molar-refractivity contribution >= 4 is 11.3 Å². The molecule has 0 bridgehead atoms. The number of aromatic nitrogens is 2. The van der Waals surface area contributed by atoms with E-state index in [9.17, 15) is 4.79 Å². The minimum absolute atomic E-state index is 0.0459. The number of hydrogen-bond donors (Lipinski definition) is 1. The van der Waals surface area contributed by atoms with E-state index in [4.69, 9.17) is 5.73 Å². The normalized spacial score (nSPS) is 10.5. The highest BCUT2D eigenvalue weighted by atomic mass is 16.1. The van der Waals surface area contributed by atoms with Crippen molar-refractivity contribution in [3.05, 3.63) is 36.4 Å². The Hall–Kier alpha value is -1.68. The molecule has 0 aliphatic rings. The van der Waals surface area contributed by atoms with Gasteiger partial charge in [0.2, 0.25) is 0 Å². The zero-order valence-corrected chi connectivity index (χ0v) is 6.97. The SMILES string of the molecule is NCC(=O)c1ccn2cncc2c1. The van der Waals surface area contributed by atoms with Crippen LogP contribution in [-0.2, 0) is 0 Å². The summed E-state index contributed by atoms with van der Waals surface area (Å²) >= 11 is 0. The Balaban J connectivity index is 2.54. The number of nitrogens with zero attached hydrogens (tertiary/aromatic N) is 2. The van der Waals surface area contributed by atoms with Crippen molar-refractivity contribution in [1.29, 1.82) is 0 Å². The number of ketones is 1. The molecule has 13 heavy (non-hydrogen) atoms. The number of imidazole rings is 1. The van der Waals surface area contributed by atoms with Crippen LogP contribution >= 0.6 is 0 Å². The number of carbonyl (C=O) groups is 1. The van der Waals surface area contributed by atoms with E-state index in [0.717, 1.165) is 5.52 Å². The molecule has 0 saturated heterocycles. The Labute approximate surface area is 75.0 Å². The van der Waals surface area contributed by atoms with Gasteiger partial charge in [0.05, 0.1) is 24.6 Å². The molecular weight excluding hydrogens is 166 g/mol. The van der Waals surface area contributed by atoms with E-state index in [1.54, 1.807) is 30.9 Å². The smallest absolute Gasteiger partial charge is 0.176 e. The molecule has 4 nitrogen and oxygen atoms in total. The number of Topliss-reactive ketones (excluding diaryl/α,β-unsaturated/α-hetero) is 1. The Morgan fingerprint density at radius 3 is 3.23 bits per heavy atom. The lowest BCUT2D eigenvalue weighted by Gasteiger charge is -1.98. The Kier molecular flexibility index (Phi) is 1.83. The molecule has 0 saturated carbocycles. The second kappa shape index (κ2) is 2.99. The maximum absolute atomic E-state index is 11.2. The van der Waals surface area contributed by atoms with Gasteiger partial charge in [0, 0.05) is 11.8 Å². The van der Waals surface area contributed by atoms with Gasteiger partial charge in [0.25, 0.3) is 0 Å². The quantitative estimate of drug-likeness (QED) is 0.675. The summed E-state index contributed by atoms with van der Waals surface area (Å²) in [6.07, 6.45) is 5.19.